The quantitative estimate of drug-likeness (QED) is 0.492. The molecule has 0 radical (unpaired) electrons. The number of hydrogen-bond acceptors (Lipinski definition) is 7. The van der Waals surface area contributed by atoms with Gasteiger partial charge in [-0.15, -0.1) is 0 Å². The molecule has 10 heteroatoms. The van der Waals surface area contributed by atoms with Crippen LogP contribution < -0.4 is 16.4 Å². The average molecular weight is 432 g/mol. The van der Waals surface area contributed by atoms with Gasteiger partial charge in [-0.05, 0) is 62.3 Å². The molecule has 0 aromatic carbocycles. The van der Waals surface area contributed by atoms with Gasteiger partial charge in [-0.3, -0.25) is 9.59 Å². The minimum absolute atomic E-state index is 0.167. The number of esters is 1. The standard InChI is InChI=1S/C20H37N3O7/c1-18(2,3)28-11-13(16(26)29-19(4,5)6)22-15(25)12(10-14(21)24)23-17(27)30-20(7,8)9/h12-13H,10-11H2,1-9H3,(H2,21,24)(H,22,25)(H,23,27)/t12-,13-/m1/s1. The van der Waals surface area contributed by atoms with Gasteiger partial charge in [0.2, 0.25) is 11.8 Å². The fourth-order valence-electron chi connectivity index (χ4n) is 2.01. The van der Waals surface area contributed by atoms with Gasteiger partial charge in [0.25, 0.3) is 0 Å². The van der Waals surface area contributed by atoms with Crippen molar-refractivity contribution < 1.29 is 33.4 Å². The summed E-state index contributed by atoms with van der Waals surface area (Å²) in [5.41, 5.74) is 3.02. The second-order valence-corrected chi connectivity index (χ2v) is 9.89. The lowest BCUT2D eigenvalue weighted by molar-refractivity contribution is -0.162. The monoisotopic (exact) mass is 431 g/mol. The Morgan fingerprint density at radius 1 is 0.767 bits per heavy atom. The molecule has 0 spiro atoms. The number of rotatable bonds is 8. The normalized spacial score (nSPS) is 14.3. The van der Waals surface area contributed by atoms with E-state index < -0.39 is 59.2 Å². The lowest BCUT2D eigenvalue weighted by atomic mass is 10.1. The first-order chi connectivity index (χ1) is 13.3. The molecule has 0 saturated carbocycles. The maximum Gasteiger partial charge on any atom is 0.408 e. The number of nitrogens with two attached hydrogens (primary N) is 1. The molecule has 0 saturated heterocycles. The second-order valence-electron chi connectivity index (χ2n) is 9.89. The van der Waals surface area contributed by atoms with E-state index in [2.05, 4.69) is 10.6 Å². The first kappa shape index (κ1) is 27.6. The summed E-state index contributed by atoms with van der Waals surface area (Å²) in [6.07, 6.45) is -1.38. The second kappa shape index (κ2) is 10.6. The van der Waals surface area contributed by atoms with Gasteiger partial charge in [0.1, 0.15) is 17.2 Å². The van der Waals surface area contributed by atoms with E-state index in [9.17, 15) is 19.2 Å². The molecule has 0 unspecified atom stereocenters. The van der Waals surface area contributed by atoms with E-state index in [-0.39, 0.29) is 6.61 Å². The highest BCUT2D eigenvalue weighted by Crippen LogP contribution is 2.12. The molecule has 0 heterocycles. The van der Waals surface area contributed by atoms with Crippen molar-refractivity contribution in [3.05, 3.63) is 0 Å². The molecule has 30 heavy (non-hydrogen) atoms. The molecular formula is C20H37N3O7. The van der Waals surface area contributed by atoms with Crippen LogP contribution in [0.5, 0.6) is 0 Å². The zero-order valence-corrected chi connectivity index (χ0v) is 19.5. The van der Waals surface area contributed by atoms with Crippen LogP contribution in [0.4, 0.5) is 4.79 Å². The highest BCUT2D eigenvalue weighted by atomic mass is 16.6. The SMILES string of the molecule is CC(C)(C)OC[C@@H](NC(=O)[C@@H](CC(N)=O)NC(=O)OC(C)(C)C)C(=O)OC(C)(C)C. The number of nitrogens with one attached hydrogen (secondary N) is 2. The molecule has 10 nitrogen and oxygen atoms in total. The summed E-state index contributed by atoms with van der Waals surface area (Å²) < 4.78 is 16.1. The summed E-state index contributed by atoms with van der Waals surface area (Å²) in [6, 6.07) is -2.50. The first-order valence-corrected chi connectivity index (χ1v) is 9.74. The minimum atomic E-state index is -1.34. The largest absolute Gasteiger partial charge is 0.458 e. The van der Waals surface area contributed by atoms with Crippen molar-refractivity contribution in [2.75, 3.05) is 6.61 Å². The Bertz CT molecular complexity index is 628. The smallest absolute Gasteiger partial charge is 0.408 e. The minimum Gasteiger partial charge on any atom is -0.458 e. The van der Waals surface area contributed by atoms with Gasteiger partial charge in [0.05, 0.1) is 18.6 Å². The molecule has 2 atom stereocenters. The number of primary amides is 1. The highest BCUT2D eigenvalue weighted by Gasteiger charge is 2.32. The first-order valence-electron chi connectivity index (χ1n) is 9.74. The fraction of sp³-hybridized carbons (Fsp3) is 0.800. The summed E-state index contributed by atoms with van der Waals surface area (Å²) in [4.78, 5) is 48.7. The zero-order valence-electron chi connectivity index (χ0n) is 19.5. The lowest BCUT2D eigenvalue weighted by Gasteiger charge is -2.28. The van der Waals surface area contributed by atoms with Gasteiger partial charge in [0, 0.05) is 0 Å². The molecule has 0 aliphatic carbocycles. The Balaban J connectivity index is 5.43. The summed E-state index contributed by atoms with van der Waals surface area (Å²) in [5, 5.41) is 4.77. The summed E-state index contributed by atoms with van der Waals surface area (Å²) >= 11 is 0. The molecule has 0 fully saturated rings. The number of carbonyl (C=O) groups is 4. The number of alkyl carbamates (subject to hydrolysis) is 1. The Morgan fingerprint density at radius 3 is 1.67 bits per heavy atom. The molecule has 4 N–H and O–H groups in total. The number of hydrogen-bond donors (Lipinski definition) is 3. The van der Waals surface area contributed by atoms with Gasteiger partial charge in [-0.2, -0.15) is 0 Å². The van der Waals surface area contributed by atoms with Crippen LogP contribution >= 0.6 is 0 Å². The molecule has 3 amide bonds. The Labute approximate surface area is 178 Å². The molecule has 0 aromatic heterocycles. The summed E-state index contributed by atoms with van der Waals surface area (Å²) in [5.74, 6) is -2.32. The predicted molar refractivity (Wildman–Crippen MR) is 110 cm³/mol. The fourth-order valence-corrected chi connectivity index (χ4v) is 2.01. The topological polar surface area (TPSA) is 146 Å². The summed E-state index contributed by atoms with van der Waals surface area (Å²) in [7, 11) is 0. The molecule has 0 aliphatic rings. The van der Waals surface area contributed by atoms with Crippen LogP contribution in [0.15, 0.2) is 0 Å². The maximum absolute atomic E-state index is 12.7. The summed E-state index contributed by atoms with van der Waals surface area (Å²) in [6.45, 7) is 15.2. The van der Waals surface area contributed by atoms with Crippen molar-refractivity contribution in [2.45, 2.75) is 97.6 Å². The van der Waals surface area contributed by atoms with E-state index in [0.717, 1.165) is 0 Å². The third kappa shape index (κ3) is 13.8. The molecule has 0 aliphatic heterocycles. The van der Waals surface area contributed by atoms with Crippen LogP contribution in [-0.2, 0) is 28.6 Å². The van der Waals surface area contributed by atoms with E-state index in [1.54, 1.807) is 62.3 Å². The van der Waals surface area contributed by atoms with Crippen LogP contribution in [0.1, 0.15) is 68.7 Å². The van der Waals surface area contributed by atoms with E-state index in [4.69, 9.17) is 19.9 Å². The Kier molecular flexibility index (Phi) is 9.77. The lowest BCUT2D eigenvalue weighted by Crippen LogP contribution is -2.55. The molecular weight excluding hydrogens is 394 g/mol. The number of amides is 3. The van der Waals surface area contributed by atoms with E-state index in [1.807, 2.05) is 0 Å². The van der Waals surface area contributed by atoms with Crippen LogP contribution in [0, 0.1) is 0 Å². The van der Waals surface area contributed by atoms with Gasteiger partial charge >= 0.3 is 12.1 Å². The van der Waals surface area contributed by atoms with E-state index in [0.29, 0.717) is 0 Å². The van der Waals surface area contributed by atoms with Crippen molar-refractivity contribution in [1.29, 1.82) is 0 Å². The van der Waals surface area contributed by atoms with Crippen LogP contribution in [-0.4, -0.2) is 59.4 Å². The van der Waals surface area contributed by atoms with Crippen LogP contribution in [0.2, 0.25) is 0 Å². The van der Waals surface area contributed by atoms with Gasteiger partial charge in [-0.25, -0.2) is 9.59 Å². The molecule has 174 valence electrons. The average Bonchev–Trinajstić information content (AvgIpc) is 2.45. The van der Waals surface area contributed by atoms with Crippen LogP contribution in [0.3, 0.4) is 0 Å². The Hall–Kier alpha value is -2.36. The van der Waals surface area contributed by atoms with Gasteiger partial charge in [-0.1, -0.05) is 0 Å². The molecule has 0 bridgehead atoms. The van der Waals surface area contributed by atoms with Gasteiger partial charge in [0.15, 0.2) is 6.04 Å². The maximum atomic E-state index is 12.7. The van der Waals surface area contributed by atoms with Crippen molar-refractivity contribution in [2.24, 2.45) is 5.73 Å². The number of carbonyl (C=O) groups excluding carboxylic acids is 4. The highest BCUT2D eigenvalue weighted by molar-refractivity contribution is 5.93. The van der Waals surface area contributed by atoms with Crippen molar-refractivity contribution in [3.63, 3.8) is 0 Å². The van der Waals surface area contributed by atoms with Crippen molar-refractivity contribution >= 4 is 23.9 Å². The van der Waals surface area contributed by atoms with Crippen molar-refractivity contribution in [3.8, 4) is 0 Å². The van der Waals surface area contributed by atoms with E-state index >= 15 is 0 Å². The molecule has 0 rings (SSSR count). The zero-order chi connectivity index (χ0) is 23.9. The molecule has 0 aromatic rings. The van der Waals surface area contributed by atoms with Gasteiger partial charge < -0.3 is 30.6 Å². The third-order valence-corrected chi connectivity index (χ3v) is 3.10. The Morgan fingerprint density at radius 2 is 1.27 bits per heavy atom. The number of ether oxygens (including phenoxy) is 3. The van der Waals surface area contributed by atoms with Crippen molar-refractivity contribution in [1.82, 2.24) is 10.6 Å². The van der Waals surface area contributed by atoms with Crippen LogP contribution in [0.25, 0.3) is 0 Å². The van der Waals surface area contributed by atoms with E-state index in [1.165, 1.54) is 0 Å². The predicted octanol–water partition coefficient (Wildman–Crippen LogP) is 1.40. The third-order valence-electron chi connectivity index (χ3n) is 3.10.